The zero-order chi connectivity index (χ0) is 9.84. The smallest absolute Gasteiger partial charge is 0.221 e. The zero-order valence-corrected chi connectivity index (χ0v) is 7.80. The number of carbonyl (C=O) groups is 2. The Labute approximate surface area is 79.2 Å². The highest BCUT2D eigenvalue weighted by atomic mass is 32.1. The summed E-state index contributed by atoms with van der Waals surface area (Å²) in [5.74, 6) is -0.914. The minimum Gasteiger partial charge on any atom is -0.367 e. The minimum atomic E-state index is -1.43. The maximum atomic E-state index is 11.3. The van der Waals surface area contributed by atoms with E-state index in [2.05, 4.69) is 5.32 Å². The molecule has 1 aromatic rings. The van der Waals surface area contributed by atoms with Crippen LogP contribution in [0.1, 0.15) is 16.6 Å². The van der Waals surface area contributed by atoms with Gasteiger partial charge in [-0.05, 0) is 11.4 Å². The van der Waals surface area contributed by atoms with Crippen LogP contribution in [-0.4, -0.2) is 23.0 Å². The number of nitrogens with one attached hydrogen (secondary N) is 1. The first kappa shape index (κ1) is 9.88. The van der Waals surface area contributed by atoms with E-state index < -0.39 is 17.9 Å². The third-order valence-corrected chi connectivity index (χ3v) is 2.24. The highest BCUT2D eigenvalue weighted by molar-refractivity contribution is 7.12. The van der Waals surface area contributed by atoms with E-state index in [0.717, 1.165) is 0 Å². The van der Waals surface area contributed by atoms with Gasteiger partial charge in [0.15, 0.2) is 6.23 Å². The lowest BCUT2D eigenvalue weighted by molar-refractivity contribution is -0.121. The van der Waals surface area contributed by atoms with Crippen molar-refractivity contribution in [2.45, 2.75) is 13.2 Å². The fourth-order valence-corrected chi connectivity index (χ4v) is 1.50. The minimum absolute atomic E-state index is 0.432. The van der Waals surface area contributed by atoms with Crippen LogP contribution in [0, 0.1) is 0 Å². The average Bonchev–Trinajstić information content (AvgIpc) is 2.53. The largest absolute Gasteiger partial charge is 0.367 e. The van der Waals surface area contributed by atoms with Gasteiger partial charge in [0, 0.05) is 6.92 Å². The highest BCUT2D eigenvalue weighted by Crippen LogP contribution is 2.10. The number of aliphatic hydroxyl groups is 1. The molecule has 1 rings (SSSR count). The Kier molecular flexibility index (Phi) is 3.16. The van der Waals surface area contributed by atoms with E-state index in [9.17, 15) is 14.7 Å². The molecule has 0 fully saturated rings. The van der Waals surface area contributed by atoms with E-state index in [0.29, 0.717) is 4.88 Å². The lowest BCUT2D eigenvalue weighted by Gasteiger charge is -2.07. The number of aliphatic hydroxyl groups excluding tert-OH is 1. The molecule has 13 heavy (non-hydrogen) atoms. The molecule has 0 radical (unpaired) electrons. The van der Waals surface area contributed by atoms with Crippen LogP contribution in [-0.2, 0) is 4.79 Å². The molecule has 1 amide bonds. The van der Waals surface area contributed by atoms with Crippen molar-refractivity contribution >= 4 is 23.0 Å². The average molecular weight is 199 g/mol. The topological polar surface area (TPSA) is 66.4 Å². The molecule has 0 unspecified atom stereocenters. The number of amides is 1. The van der Waals surface area contributed by atoms with Gasteiger partial charge >= 0.3 is 0 Å². The third-order valence-electron chi connectivity index (χ3n) is 1.35. The predicted octanol–water partition coefficient (Wildman–Crippen LogP) is 0.385. The maximum absolute atomic E-state index is 11.3. The lowest BCUT2D eigenvalue weighted by Crippen LogP contribution is -2.39. The highest BCUT2D eigenvalue weighted by Gasteiger charge is 2.18. The van der Waals surface area contributed by atoms with E-state index in [1.807, 2.05) is 0 Å². The number of thiophene rings is 1. The molecule has 5 heteroatoms. The molecule has 70 valence electrons. The van der Waals surface area contributed by atoms with Gasteiger partial charge in [-0.15, -0.1) is 11.3 Å². The fraction of sp³-hybridized carbons (Fsp3) is 0.250. The molecule has 0 aliphatic rings. The first-order valence-electron chi connectivity index (χ1n) is 3.64. The number of hydrogen-bond acceptors (Lipinski definition) is 4. The Balaban J connectivity index is 2.63. The van der Waals surface area contributed by atoms with E-state index in [4.69, 9.17) is 0 Å². The van der Waals surface area contributed by atoms with Gasteiger partial charge in [0.25, 0.3) is 0 Å². The number of hydrogen-bond donors (Lipinski definition) is 2. The standard InChI is InChI=1S/C8H9NO3S/c1-5(10)9-8(12)7(11)6-3-2-4-13-6/h2-4,8,12H,1H3,(H,9,10)/t8-/m1/s1. The van der Waals surface area contributed by atoms with Crippen LogP contribution in [0.3, 0.4) is 0 Å². The molecule has 2 N–H and O–H groups in total. The lowest BCUT2D eigenvalue weighted by atomic mass is 10.3. The molecular weight excluding hydrogens is 190 g/mol. The first-order valence-corrected chi connectivity index (χ1v) is 4.52. The number of ketones is 1. The summed E-state index contributed by atoms with van der Waals surface area (Å²) in [5, 5.41) is 13.0. The summed E-state index contributed by atoms with van der Waals surface area (Å²) < 4.78 is 0. The van der Waals surface area contributed by atoms with Crippen LogP contribution in [0.25, 0.3) is 0 Å². The molecule has 1 aromatic heterocycles. The normalized spacial score (nSPS) is 12.2. The summed E-state index contributed by atoms with van der Waals surface area (Å²) in [6.07, 6.45) is -1.43. The summed E-state index contributed by atoms with van der Waals surface area (Å²) in [4.78, 5) is 22.2. The van der Waals surface area contributed by atoms with Gasteiger partial charge in [0.2, 0.25) is 11.7 Å². The molecule has 4 nitrogen and oxygen atoms in total. The van der Waals surface area contributed by atoms with Gasteiger partial charge in [-0.25, -0.2) is 0 Å². The molecule has 0 saturated carbocycles. The number of carbonyl (C=O) groups excluding carboxylic acids is 2. The molecule has 0 aromatic carbocycles. The molecule has 0 aliphatic heterocycles. The second kappa shape index (κ2) is 4.15. The molecule has 1 heterocycles. The maximum Gasteiger partial charge on any atom is 0.221 e. The van der Waals surface area contributed by atoms with Crippen LogP contribution in [0.2, 0.25) is 0 Å². The van der Waals surface area contributed by atoms with Crippen LogP contribution in [0.4, 0.5) is 0 Å². The molecule has 0 bridgehead atoms. The zero-order valence-electron chi connectivity index (χ0n) is 6.98. The molecule has 0 aliphatic carbocycles. The van der Waals surface area contributed by atoms with Crippen LogP contribution < -0.4 is 5.32 Å². The van der Waals surface area contributed by atoms with Gasteiger partial charge in [-0.3, -0.25) is 9.59 Å². The Bertz CT molecular complexity index is 307. The second-order valence-corrected chi connectivity index (χ2v) is 3.39. The van der Waals surface area contributed by atoms with Crippen molar-refractivity contribution in [2.24, 2.45) is 0 Å². The Morgan fingerprint density at radius 3 is 2.77 bits per heavy atom. The van der Waals surface area contributed by atoms with Gasteiger partial charge in [0.05, 0.1) is 4.88 Å². The van der Waals surface area contributed by atoms with Crippen molar-refractivity contribution in [1.29, 1.82) is 0 Å². The Morgan fingerprint density at radius 1 is 1.62 bits per heavy atom. The number of rotatable bonds is 3. The van der Waals surface area contributed by atoms with Crippen molar-refractivity contribution in [3.63, 3.8) is 0 Å². The third kappa shape index (κ3) is 2.64. The van der Waals surface area contributed by atoms with Crippen molar-refractivity contribution in [1.82, 2.24) is 5.32 Å². The van der Waals surface area contributed by atoms with Crippen molar-refractivity contribution < 1.29 is 14.7 Å². The summed E-state index contributed by atoms with van der Waals surface area (Å²) in [6, 6.07) is 3.30. The Morgan fingerprint density at radius 2 is 2.31 bits per heavy atom. The second-order valence-electron chi connectivity index (χ2n) is 2.44. The Hall–Kier alpha value is -1.20. The summed E-state index contributed by atoms with van der Waals surface area (Å²) in [7, 11) is 0. The SMILES string of the molecule is CC(=O)N[C@H](O)C(=O)c1cccs1. The summed E-state index contributed by atoms with van der Waals surface area (Å²) in [5.41, 5.74) is 0. The quantitative estimate of drug-likeness (QED) is 0.546. The van der Waals surface area contributed by atoms with Crippen LogP contribution >= 0.6 is 11.3 Å². The van der Waals surface area contributed by atoms with E-state index in [1.54, 1.807) is 17.5 Å². The number of Topliss-reactive ketones (excluding diaryl/α,β-unsaturated/α-hetero) is 1. The van der Waals surface area contributed by atoms with Crippen LogP contribution in [0.5, 0.6) is 0 Å². The van der Waals surface area contributed by atoms with Crippen molar-refractivity contribution in [3.05, 3.63) is 22.4 Å². The van der Waals surface area contributed by atoms with Gasteiger partial charge < -0.3 is 10.4 Å². The molecule has 0 saturated heterocycles. The first-order chi connectivity index (χ1) is 6.11. The van der Waals surface area contributed by atoms with E-state index in [1.165, 1.54) is 18.3 Å². The van der Waals surface area contributed by atoms with Crippen molar-refractivity contribution in [2.75, 3.05) is 0 Å². The van der Waals surface area contributed by atoms with E-state index >= 15 is 0 Å². The molecule has 0 spiro atoms. The van der Waals surface area contributed by atoms with Gasteiger partial charge in [-0.2, -0.15) is 0 Å². The molecule has 1 atom stereocenters. The van der Waals surface area contributed by atoms with Gasteiger partial charge in [-0.1, -0.05) is 6.07 Å². The molecular formula is C8H9NO3S. The summed E-state index contributed by atoms with van der Waals surface area (Å²) >= 11 is 1.23. The van der Waals surface area contributed by atoms with E-state index in [-0.39, 0.29) is 0 Å². The monoisotopic (exact) mass is 199 g/mol. The summed E-state index contributed by atoms with van der Waals surface area (Å²) in [6.45, 7) is 1.24. The predicted molar refractivity (Wildman–Crippen MR) is 48.5 cm³/mol. The van der Waals surface area contributed by atoms with Gasteiger partial charge in [0.1, 0.15) is 0 Å². The van der Waals surface area contributed by atoms with Crippen molar-refractivity contribution in [3.8, 4) is 0 Å². The fourth-order valence-electron chi connectivity index (χ4n) is 0.812. The van der Waals surface area contributed by atoms with Crippen LogP contribution in [0.15, 0.2) is 17.5 Å².